The molecule has 1 aliphatic carbocycles. The van der Waals surface area contributed by atoms with E-state index in [1.807, 2.05) is 0 Å². The number of aromatic nitrogens is 2. The number of nitrogens with two attached hydrogens (primary N) is 1. The van der Waals surface area contributed by atoms with Gasteiger partial charge in [-0.3, -0.25) is 0 Å². The molecule has 4 N–H and O–H groups in total. The lowest BCUT2D eigenvalue weighted by molar-refractivity contribution is 0.0291. The minimum absolute atomic E-state index is 0.00842. The fourth-order valence-electron chi connectivity index (χ4n) is 1.71. The molecule has 1 aromatic rings. The van der Waals surface area contributed by atoms with Gasteiger partial charge in [0.1, 0.15) is 6.10 Å². The molecule has 0 amide bonds. The van der Waals surface area contributed by atoms with Crippen LogP contribution >= 0.6 is 0 Å². The lowest BCUT2D eigenvalue weighted by Gasteiger charge is -2.33. The van der Waals surface area contributed by atoms with E-state index in [2.05, 4.69) is 15.1 Å². The van der Waals surface area contributed by atoms with Gasteiger partial charge in [-0.25, -0.2) is 9.97 Å². The molecule has 2 rings (SSSR count). The molecule has 1 saturated carbocycles. The van der Waals surface area contributed by atoms with Crippen molar-refractivity contribution in [3.8, 4) is 5.88 Å². The van der Waals surface area contributed by atoms with Crippen LogP contribution in [0.4, 0.5) is 0 Å². The van der Waals surface area contributed by atoms with Crippen LogP contribution in [-0.4, -0.2) is 38.8 Å². The molecule has 0 aromatic carbocycles. The number of ether oxygens (including phenoxy) is 1. The van der Waals surface area contributed by atoms with E-state index in [0.29, 0.717) is 5.92 Å². The monoisotopic (exact) mass is 238 g/mol. The third-order valence-corrected chi connectivity index (χ3v) is 2.74. The van der Waals surface area contributed by atoms with Gasteiger partial charge in [0, 0.05) is 19.0 Å². The lowest BCUT2D eigenvalue weighted by atomic mass is 9.83. The number of oxime groups is 1. The maximum absolute atomic E-state index is 8.90. The Morgan fingerprint density at radius 3 is 2.82 bits per heavy atom. The summed E-state index contributed by atoms with van der Waals surface area (Å²) < 4.78 is 5.58. The topological polar surface area (TPSA) is 114 Å². The summed E-state index contributed by atoms with van der Waals surface area (Å²) in [4.78, 5) is 7.95. The van der Waals surface area contributed by atoms with E-state index < -0.39 is 0 Å². The van der Waals surface area contributed by atoms with Gasteiger partial charge in [0.15, 0.2) is 11.5 Å². The quantitative estimate of drug-likeness (QED) is 0.288. The van der Waals surface area contributed by atoms with Gasteiger partial charge in [0.2, 0.25) is 5.88 Å². The van der Waals surface area contributed by atoms with E-state index in [1.54, 1.807) is 0 Å². The van der Waals surface area contributed by atoms with E-state index in [1.165, 1.54) is 12.4 Å². The molecule has 0 radical (unpaired) electrons. The number of aliphatic hydroxyl groups excluding tert-OH is 1. The Hall–Kier alpha value is -1.89. The van der Waals surface area contributed by atoms with Gasteiger partial charge in [-0.2, -0.15) is 0 Å². The molecular formula is C10H14N4O3. The molecular weight excluding hydrogens is 224 g/mol. The lowest BCUT2D eigenvalue weighted by Crippen LogP contribution is -2.36. The summed E-state index contributed by atoms with van der Waals surface area (Å²) in [6.45, 7) is 0.174. The molecule has 0 spiro atoms. The summed E-state index contributed by atoms with van der Waals surface area (Å²) in [6, 6.07) is 0. The van der Waals surface area contributed by atoms with Gasteiger partial charge in [-0.05, 0) is 18.8 Å². The molecule has 7 heteroatoms. The predicted octanol–water partition coefficient (Wildman–Crippen LogP) is -0.279. The van der Waals surface area contributed by atoms with Crippen LogP contribution in [0.25, 0.3) is 0 Å². The van der Waals surface area contributed by atoms with Crippen LogP contribution in [0.1, 0.15) is 18.5 Å². The summed E-state index contributed by atoms with van der Waals surface area (Å²) in [5.41, 5.74) is 5.69. The third-order valence-electron chi connectivity index (χ3n) is 2.74. The highest BCUT2D eigenvalue weighted by Crippen LogP contribution is 2.30. The van der Waals surface area contributed by atoms with Crippen molar-refractivity contribution in [2.45, 2.75) is 18.9 Å². The van der Waals surface area contributed by atoms with Crippen LogP contribution in [0, 0.1) is 5.92 Å². The standard InChI is InChI=1S/C10H14N4O3/c11-9(14-16)8-10(13-2-1-12-8)17-7-3-6(4-7)5-15/h1-2,6-7,15-16H,3-5H2,(H2,11,14). The van der Waals surface area contributed by atoms with Crippen molar-refractivity contribution in [2.24, 2.45) is 16.8 Å². The number of aliphatic hydroxyl groups is 1. The Balaban J connectivity index is 2.06. The number of nitrogens with zero attached hydrogens (tertiary/aromatic N) is 3. The first-order chi connectivity index (χ1) is 8.24. The van der Waals surface area contributed by atoms with Crippen LogP contribution in [0.5, 0.6) is 5.88 Å². The molecule has 0 unspecified atom stereocenters. The van der Waals surface area contributed by atoms with Crippen molar-refractivity contribution in [1.82, 2.24) is 9.97 Å². The van der Waals surface area contributed by atoms with Crippen molar-refractivity contribution in [3.63, 3.8) is 0 Å². The average molecular weight is 238 g/mol. The van der Waals surface area contributed by atoms with E-state index in [4.69, 9.17) is 20.8 Å². The molecule has 1 aromatic heterocycles. The molecule has 1 aliphatic rings. The second-order valence-electron chi connectivity index (χ2n) is 3.96. The Labute approximate surface area is 97.9 Å². The Bertz CT molecular complexity index is 418. The van der Waals surface area contributed by atoms with E-state index in [9.17, 15) is 0 Å². The molecule has 1 fully saturated rings. The summed E-state index contributed by atoms with van der Waals surface area (Å²) in [5.74, 6) is 0.416. The highest BCUT2D eigenvalue weighted by Gasteiger charge is 2.31. The maximum atomic E-state index is 8.90. The van der Waals surface area contributed by atoms with Gasteiger partial charge in [-0.1, -0.05) is 5.16 Å². The summed E-state index contributed by atoms with van der Waals surface area (Å²) in [6.07, 6.45) is 4.49. The molecule has 0 bridgehead atoms. The zero-order valence-corrected chi connectivity index (χ0v) is 9.15. The van der Waals surface area contributed by atoms with E-state index in [0.717, 1.165) is 12.8 Å². The minimum Gasteiger partial charge on any atom is -0.473 e. The first kappa shape index (κ1) is 11.6. The Morgan fingerprint density at radius 1 is 1.47 bits per heavy atom. The number of rotatable bonds is 4. The second kappa shape index (κ2) is 4.96. The highest BCUT2D eigenvalue weighted by molar-refractivity contribution is 5.97. The highest BCUT2D eigenvalue weighted by atomic mass is 16.5. The Morgan fingerprint density at radius 2 is 2.18 bits per heavy atom. The maximum Gasteiger partial charge on any atom is 0.244 e. The second-order valence-corrected chi connectivity index (χ2v) is 3.96. The van der Waals surface area contributed by atoms with Crippen molar-refractivity contribution in [1.29, 1.82) is 0 Å². The Kier molecular flexibility index (Phi) is 3.38. The molecule has 0 aliphatic heterocycles. The zero-order chi connectivity index (χ0) is 12.3. The van der Waals surface area contributed by atoms with E-state index >= 15 is 0 Å². The third kappa shape index (κ3) is 2.44. The van der Waals surface area contributed by atoms with Crippen molar-refractivity contribution >= 4 is 5.84 Å². The normalized spacial score (nSPS) is 24.2. The van der Waals surface area contributed by atoms with Gasteiger partial charge in [-0.15, -0.1) is 0 Å². The molecule has 7 nitrogen and oxygen atoms in total. The molecule has 0 saturated heterocycles. The van der Waals surface area contributed by atoms with Crippen LogP contribution in [-0.2, 0) is 0 Å². The molecule has 17 heavy (non-hydrogen) atoms. The van der Waals surface area contributed by atoms with Crippen molar-refractivity contribution in [2.75, 3.05) is 6.61 Å². The summed E-state index contributed by atoms with van der Waals surface area (Å²) in [5, 5.41) is 20.4. The van der Waals surface area contributed by atoms with Crippen LogP contribution in [0.2, 0.25) is 0 Å². The molecule has 0 atom stereocenters. The minimum atomic E-state index is -0.133. The van der Waals surface area contributed by atoms with E-state index in [-0.39, 0.29) is 30.1 Å². The fraction of sp³-hybridized carbons (Fsp3) is 0.500. The number of hydrogen-bond donors (Lipinski definition) is 3. The van der Waals surface area contributed by atoms with Gasteiger partial charge >= 0.3 is 0 Å². The van der Waals surface area contributed by atoms with Crippen LogP contribution < -0.4 is 10.5 Å². The summed E-state index contributed by atoms with van der Waals surface area (Å²) in [7, 11) is 0. The smallest absolute Gasteiger partial charge is 0.244 e. The van der Waals surface area contributed by atoms with Crippen LogP contribution in [0.3, 0.4) is 0 Å². The predicted molar refractivity (Wildman–Crippen MR) is 58.8 cm³/mol. The van der Waals surface area contributed by atoms with Gasteiger partial charge < -0.3 is 20.8 Å². The first-order valence-electron chi connectivity index (χ1n) is 5.31. The van der Waals surface area contributed by atoms with Gasteiger partial charge in [0.25, 0.3) is 0 Å². The van der Waals surface area contributed by atoms with Crippen LogP contribution in [0.15, 0.2) is 17.5 Å². The molecule has 1 heterocycles. The number of hydrogen-bond acceptors (Lipinski definition) is 6. The largest absolute Gasteiger partial charge is 0.473 e. The van der Waals surface area contributed by atoms with Crippen molar-refractivity contribution in [3.05, 3.63) is 18.1 Å². The SMILES string of the molecule is N/C(=N\O)c1nccnc1OC1CC(CO)C1. The van der Waals surface area contributed by atoms with Crippen molar-refractivity contribution < 1.29 is 15.1 Å². The average Bonchev–Trinajstić information content (AvgIpc) is 2.32. The first-order valence-corrected chi connectivity index (χ1v) is 5.31. The molecule has 92 valence electrons. The number of amidine groups is 1. The zero-order valence-electron chi connectivity index (χ0n) is 9.15. The van der Waals surface area contributed by atoms with Gasteiger partial charge in [0.05, 0.1) is 0 Å². The summed E-state index contributed by atoms with van der Waals surface area (Å²) >= 11 is 0. The fourth-order valence-corrected chi connectivity index (χ4v) is 1.71.